The van der Waals surface area contributed by atoms with Gasteiger partial charge >= 0.3 is 0 Å². The van der Waals surface area contributed by atoms with Crippen LogP contribution in [-0.2, 0) is 9.53 Å². The molecule has 0 saturated carbocycles. The molecule has 0 unspecified atom stereocenters. The van der Waals surface area contributed by atoms with Crippen LogP contribution in [0.5, 0.6) is 0 Å². The zero-order valence-electron chi connectivity index (χ0n) is 13.7. The van der Waals surface area contributed by atoms with Gasteiger partial charge < -0.3 is 10.1 Å². The normalized spacial score (nSPS) is 16.6. The summed E-state index contributed by atoms with van der Waals surface area (Å²) in [6.07, 6.45) is 0. The van der Waals surface area contributed by atoms with Crippen LogP contribution in [0.25, 0.3) is 0 Å². The molecule has 0 spiro atoms. The van der Waals surface area contributed by atoms with Crippen molar-refractivity contribution >= 4 is 23.2 Å². The van der Waals surface area contributed by atoms with Crippen LogP contribution in [0.4, 0.5) is 5.69 Å². The minimum Gasteiger partial charge on any atom is -0.379 e. The van der Waals surface area contributed by atoms with Crippen molar-refractivity contribution in [1.82, 2.24) is 4.90 Å². The van der Waals surface area contributed by atoms with Crippen molar-refractivity contribution < 1.29 is 9.53 Å². The lowest BCUT2D eigenvalue weighted by Gasteiger charge is -2.33. The lowest BCUT2D eigenvalue weighted by atomic mass is 10.0. The number of rotatable bonds is 4. The highest BCUT2D eigenvalue weighted by molar-refractivity contribution is 6.30. The summed E-state index contributed by atoms with van der Waals surface area (Å²) >= 11 is 5.99. The van der Waals surface area contributed by atoms with Crippen LogP contribution in [0.3, 0.4) is 0 Å². The molecule has 4 nitrogen and oxygen atoms in total. The van der Waals surface area contributed by atoms with Gasteiger partial charge in [0.1, 0.15) is 6.04 Å². The van der Waals surface area contributed by atoms with E-state index >= 15 is 0 Å². The minimum atomic E-state index is -0.355. The number of amides is 1. The number of carbonyl (C=O) groups is 1. The first kappa shape index (κ1) is 17.0. The molecule has 1 fully saturated rings. The van der Waals surface area contributed by atoms with Crippen LogP contribution in [0.15, 0.2) is 48.5 Å². The SMILES string of the molecule is Cc1cccc(NC(=O)[C@@H](c2ccc(Cl)cc2)N2CCOCC2)c1. The smallest absolute Gasteiger partial charge is 0.246 e. The van der Waals surface area contributed by atoms with E-state index in [1.807, 2.05) is 55.5 Å². The number of ether oxygens (including phenoxy) is 1. The predicted molar refractivity (Wildman–Crippen MR) is 96.4 cm³/mol. The molecule has 3 rings (SSSR count). The fourth-order valence-electron chi connectivity index (χ4n) is 2.94. The molecule has 1 saturated heterocycles. The van der Waals surface area contributed by atoms with Crippen molar-refractivity contribution in [2.75, 3.05) is 31.6 Å². The Labute approximate surface area is 147 Å². The Morgan fingerprint density at radius 1 is 1.17 bits per heavy atom. The molecule has 0 radical (unpaired) electrons. The first-order chi connectivity index (χ1) is 11.6. The quantitative estimate of drug-likeness (QED) is 0.920. The molecule has 0 aliphatic carbocycles. The van der Waals surface area contributed by atoms with Gasteiger partial charge in [0.2, 0.25) is 5.91 Å². The van der Waals surface area contributed by atoms with Gasteiger partial charge in [-0.05, 0) is 42.3 Å². The molecule has 1 amide bonds. The van der Waals surface area contributed by atoms with Gasteiger partial charge in [-0.2, -0.15) is 0 Å². The minimum absolute atomic E-state index is 0.0372. The summed E-state index contributed by atoms with van der Waals surface area (Å²) < 4.78 is 5.42. The van der Waals surface area contributed by atoms with Gasteiger partial charge in [0, 0.05) is 23.8 Å². The van der Waals surface area contributed by atoms with E-state index in [2.05, 4.69) is 10.2 Å². The maximum atomic E-state index is 13.0. The van der Waals surface area contributed by atoms with Crippen molar-refractivity contribution in [3.8, 4) is 0 Å². The van der Waals surface area contributed by atoms with Crippen molar-refractivity contribution in [3.63, 3.8) is 0 Å². The zero-order chi connectivity index (χ0) is 16.9. The first-order valence-corrected chi connectivity index (χ1v) is 8.46. The molecule has 24 heavy (non-hydrogen) atoms. The zero-order valence-corrected chi connectivity index (χ0v) is 14.4. The third kappa shape index (κ3) is 4.15. The van der Waals surface area contributed by atoms with E-state index < -0.39 is 0 Å². The molecule has 0 aromatic heterocycles. The summed E-state index contributed by atoms with van der Waals surface area (Å²) in [5, 5.41) is 3.70. The third-order valence-electron chi connectivity index (χ3n) is 4.13. The summed E-state index contributed by atoms with van der Waals surface area (Å²) in [7, 11) is 0. The van der Waals surface area contributed by atoms with Gasteiger partial charge in [-0.1, -0.05) is 35.9 Å². The molecule has 1 atom stereocenters. The Morgan fingerprint density at radius 3 is 2.54 bits per heavy atom. The topological polar surface area (TPSA) is 41.6 Å². The molecule has 2 aromatic rings. The summed E-state index contributed by atoms with van der Waals surface area (Å²) in [5.41, 5.74) is 2.86. The number of morpholine rings is 1. The standard InChI is InChI=1S/C19H21ClN2O2/c1-14-3-2-4-17(13-14)21-19(23)18(22-9-11-24-12-10-22)15-5-7-16(20)8-6-15/h2-8,13,18H,9-12H2,1H3,(H,21,23)/t18-/m1/s1. The van der Waals surface area contributed by atoms with Crippen molar-refractivity contribution in [1.29, 1.82) is 0 Å². The number of anilines is 1. The number of hydrogen-bond donors (Lipinski definition) is 1. The molecule has 1 aliphatic rings. The van der Waals surface area contributed by atoms with Gasteiger partial charge in [0.15, 0.2) is 0 Å². The Kier molecular flexibility index (Phi) is 5.51. The number of carbonyl (C=O) groups excluding carboxylic acids is 1. The average Bonchev–Trinajstić information content (AvgIpc) is 2.58. The van der Waals surface area contributed by atoms with E-state index in [0.717, 1.165) is 29.9 Å². The van der Waals surface area contributed by atoms with E-state index in [9.17, 15) is 4.79 Å². The second-order valence-corrected chi connectivity index (χ2v) is 6.40. The Morgan fingerprint density at radius 2 is 1.88 bits per heavy atom. The van der Waals surface area contributed by atoms with Crippen LogP contribution < -0.4 is 5.32 Å². The molecular weight excluding hydrogens is 324 g/mol. The molecule has 1 aliphatic heterocycles. The number of halogens is 1. The van der Waals surface area contributed by atoms with Crippen LogP contribution in [0.2, 0.25) is 5.02 Å². The number of nitrogens with zero attached hydrogens (tertiary/aromatic N) is 1. The van der Waals surface area contributed by atoms with Gasteiger partial charge in [-0.25, -0.2) is 0 Å². The molecular formula is C19H21ClN2O2. The van der Waals surface area contributed by atoms with Gasteiger partial charge in [0.05, 0.1) is 13.2 Å². The lowest BCUT2D eigenvalue weighted by molar-refractivity contribution is -0.123. The van der Waals surface area contributed by atoms with Crippen LogP contribution in [-0.4, -0.2) is 37.1 Å². The summed E-state index contributed by atoms with van der Waals surface area (Å²) in [6.45, 7) is 4.75. The maximum absolute atomic E-state index is 13.0. The molecule has 0 bridgehead atoms. The number of hydrogen-bond acceptors (Lipinski definition) is 3. The number of benzene rings is 2. The third-order valence-corrected chi connectivity index (χ3v) is 4.38. The molecule has 126 valence electrons. The van der Waals surface area contributed by atoms with Crippen molar-refractivity contribution in [3.05, 3.63) is 64.7 Å². The van der Waals surface area contributed by atoms with Crippen LogP contribution >= 0.6 is 11.6 Å². The second-order valence-electron chi connectivity index (χ2n) is 5.96. The largest absolute Gasteiger partial charge is 0.379 e. The first-order valence-electron chi connectivity index (χ1n) is 8.08. The van der Waals surface area contributed by atoms with Crippen LogP contribution in [0.1, 0.15) is 17.2 Å². The summed E-state index contributed by atoms with van der Waals surface area (Å²) in [5.74, 6) is -0.0372. The molecule has 1 heterocycles. The van der Waals surface area contributed by atoms with Crippen LogP contribution in [0, 0.1) is 6.92 Å². The summed E-state index contributed by atoms with van der Waals surface area (Å²) in [4.78, 5) is 15.1. The molecule has 1 N–H and O–H groups in total. The van der Waals surface area contributed by atoms with Gasteiger partial charge in [-0.15, -0.1) is 0 Å². The predicted octanol–water partition coefficient (Wildman–Crippen LogP) is 3.66. The monoisotopic (exact) mass is 344 g/mol. The van der Waals surface area contributed by atoms with Crippen molar-refractivity contribution in [2.45, 2.75) is 13.0 Å². The number of nitrogens with one attached hydrogen (secondary N) is 1. The van der Waals surface area contributed by atoms with E-state index in [1.165, 1.54) is 0 Å². The fraction of sp³-hybridized carbons (Fsp3) is 0.316. The number of aryl methyl sites for hydroxylation is 1. The highest BCUT2D eigenvalue weighted by Gasteiger charge is 2.29. The summed E-state index contributed by atoms with van der Waals surface area (Å²) in [6, 6.07) is 14.9. The van der Waals surface area contributed by atoms with Crippen molar-refractivity contribution in [2.24, 2.45) is 0 Å². The van der Waals surface area contributed by atoms with Gasteiger partial charge in [-0.3, -0.25) is 9.69 Å². The Hall–Kier alpha value is -1.88. The van der Waals surface area contributed by atoms with E-state index in [0.29, 0.717) is 18.2 Å². The lowest BCUT2D eigenvalue weighted by Crippen LogP contribution is -2.43. The second kappa shape index (κ2) is 7.79. The maximum Gasteiger partial charge on any atom is 0.246 e. The van der Waals surface area contributed by atoms with E-state index in [4.69, 9.17) is 16.3 Å². The Bertz CT molecular complexity index is 697. The molecule has 5 heteroatoms. The van der Waals surface area contributed by atoms with E-state index in [-0.39, 0.29) is 11.9 Å². The van der Waals surface area contributed by atoms with E-state index in [1.54, 1.807) is 0 Å². The van der Waals surface area contributed by atoms with Gasteiger partial charge in [0.25, 0.3) is 0 Å². The average molecular weight is 345 g/mol. The Balaban J connectivity index is 1.85. The fourth-order valence-corrected chi connectivity index (χ4v) is 3.07. The highest BCUT2D eigenvalue weighted by Crippen LogP contribution is 2.25. The highest BCUT2D eigenvalue weighted by atomic mass is 35.5. The molecule has 2 aromatic carbocycles.